The molecule has 0 bridgehead atoms. The van der Waals surface area contributed by atoms with Crippen LogP contribution in [0.3, 0.4) is 0 Å². The van der Waals surface area contributed by atoms with Crippen LogP contribution in [-0.4, -0.2) is 11.6 Å². The third kappa shape index (κ3) is 1.79. The number of carbonyl (C=O) groups excluding carboxylic acids is 2. The number of hydrogen-bond donors (Lipinski definition) is 0. The maximum Gasteiger partial charge on any atom is 0.156 e. The van der Waals surface area contributed by atoms with Crippen LogP contribution >= 0.6 is 0 Å². The van der Waals surface area contributed by atoms with E-state index in [-0.39, 0.29) is 17.5 Å². The first-order valence-corrected chi connectivity index (χ1v) is 5.43. The Morgan fingerprint density at radius 3 is 2.79 bits per heavy atom. The smallest absolute Gasteiger partial charge is 0.156 e. The van der Waals surface area contributed by atoms with Gasteiger partial charge in [0.1, 0.15) is 5.78 Å². The fraction of sp³-hybridized carbons (Fsp3) is 0.667. The van der Waals surface area contributed by atoms with Gasteiger partial charge in [-0.05, 0) is 31.3 Å². The summed E-state index contributed by atoms with van der Waals surface area (Å²) in [5.74, 6) is 1.15. The average molecular weight is 192 g/mol. The van der Waals surface area contributed by atoms with Crippen molar-refractivity contribution >= 4 is 11.6 Å². The summed E-state index contributed by atoms with van der Waals surface area (Å²) >= 11 is 0. The molecule has 1 saturated carbocycles. The number of fused-ring (bicyclic) bond motifs is 1. The summed E-state index contributed by atoms with van der Waals surface area (Å²) in [6, 6.07) is 0. The van der Waals surface area contributed by atoms with Gasteiger partial charge in [-0.3, -0.25) is 9.59 Å². The van der Waals surface area contributed by atoms with Crippen molar-refractivity contribution < 1.29 is 9.59 Å². The molecule has 76 valence electrons. The van der Waals surface area contributed by atoms with Crippen LogP contribution in [0, 0.1) is 11.8 Å². The van der Waals surface area contributed by atoms with E-state index in [4.69, 9.17) is 0 Å². The third-order valence-electron chi connectivity index (χ3n) is 3.33. The first-order chi connectivity index (χ1) is 6.66. The quantitative estimate of drug-likeness (QED) is 0.590. The Balaban J connectivity index is 2.26. The van der Waals surface area contributed by atoms with Crippen molar-refractivity contribution in [1.29, 1.82) is 0 Å². The molecular weight excluding hydrogens is 176 g/mol. The predicted molar refractivity (Wildman–Crippen MR) is 53.8 cm³/mol. The zero-order valence-corrected chi connectivity index (χ0v) is 8.58. The van der Waals surface area contributed by atoms with Gasteiger partial charge in [0.2, 0.25) is 0 Å². The molecule has 2 nitrogen and oxygen atoms in total. The van der Waals surface area contributed by atoms with Crippen molar-refractivity contribution in [3.8, 4) is 0 Å². The van der Waals surface area contributed by atoms with E-state index in [1.165, 1.54) is 0 Å². The summed E-state index contributed by atoms with van der Waals surface area (Å²) in [5.41, 5.74) is 1.11. The molecule has 1 unspecified atom stereocenters. The molecule has 0 heterocycles. The summed E-state index contributed by atoms with van der Waals surface area (Å²) in [7, 11) is 0. The fourth-order valence-electron chi connectivity index (χ4n) is 2.51. The van der Waals surface area contributed by atoms with E-state index in [2.05, 4.69) is 6.92 Å². The summed E-state index contributed by atoms with van der Waals surface area (Å²) in [6.07, 6.45) is 5.65. The van der Waals surface area contributed by atoms with Crippen LogP contribution in [0.25, 0.3) is 0 Å². The van der Waals surface area contributed by atoms with Crippen LogP contribution in [-0.2, 0) is 9.59 Å². The van der Waals surface area contributed by atoms with E-state index < -0.39 is 0 Å². The lowest BCUT2D eigenvalue weighted by atomic mass is 9.77. The number of hydrogen-bond acceptors (Lipinski definition) is 2. The monoisotopic (exact) mass is 192 g/mol. The topological polar surface area (TPSA) is 34.1 Å². The number of Topliss-reactive ketones (excluding diaryl/α,β-unsaturated/α-hetero) is 1. The van der Waals surface area contributed by atoms with Crippen LogP contribution in [0.5, 0.6) is 0 Å². The van der Waals surface area contributed by atoms with Gasteiger partial charge in [0.25, 0.3) is 0 Å². The SMILES string of the molecule is C[C@H]1CCC2C(=O)CCC(=O)C=C2C1. The van der Waals surface area contributed by atoms with Gasteiger partial charge in [-0.15, -0.1) is 0 Å². The van der Waals surface area contributed by atoms with Crippen molar-refractivity contribution in [2.75, 3.05) is 0 Å². The van der Waals surface area contributed by atoms with Gasteiger partial charge in [-0.25, -0.2) is 0 Å². The number of carbonyl (C=O) groups is 2. The van der Waals surface area contributed by atoms with Crippen LogP contribution in [0.1, 0.15) is 39.0 Å². The van der Waals surface area contributed by atoms with Crippen LogP contribution < -0.4 is 0 Å². The van der Waals surface area contributed by atoms with Crippen LogP contribution in [0.2, 0.25) is 0 Å². The summed E-state index contributed by atoms with van der Waals surface area (Å²) in [6.45, 7) is 2.19. The molecule has 0 saturated heterocycles. The van der Waals surface area contributed by atoms with Gasteiger partial charge in [-0.1, -0.05) is 12.5 Å². The van der Waals surface area contributed by atoms with Crippen molar-refractivity contribution in [1.82, 2.24) is 0 Å². The molecule has 1 fully saturated rings. The maximum atomic E-state index is 11.7. The zero-order valence-electron chi connectivity index (χ0n) is 8.58. The minimum atomic E-state index is 0.0812. The van der Waals surface area contributed by atoms with Gasteiger partial charge in [0.05, 0.1) is 0 Å². The number of ketones is 2. The molecule has 2 aliphatic carbocycles. The van der Waals surface area contributed by atoms with Crippen LogP contribution in [0.4, 0.5) is 0 Å². The predicted octanol–water partition coefficient (Wildman–Crippen LogP) is 2.28. The van der Waals surface area contributed by atoms with Gasteiger partial charge in [0.15, 0.2) is 5.78 Å². The van der Waals surface area contributed by atoms with E-state index >= 15 is 0 Å². The molecule has 0 aromatic carbocycles. The Kier molecular flexibility index (Phi) is 2.53. The molecule has 2 atom stereocenters. The molecule has 2 rings (SSSR count). The van der Waals surface area contributed by atoms with E-state index in [1.54, 1.807) is 6.08 Å². The number of rotatable bonds is 0. The third-order valence-corrected chi connectivity index (χ3v) is 3.33. The Hall–Kier alpha value is -0.920. The molecule has 0 spiro atoms. The second kappa shape index (κ2) is 3.68. The molecule has 14 heavy (non-hydrogen) atoms. The Morgan fingerprint density at radius 2 is 2.00 bits per heavy atom. The summed E-state index contributed by atoms with van der Waals surface area (Å²) in [4.78, 5) is 23.1. The second-order valence-corrected chi connectivity index (χ2v) is 4.59. The molecule has 0 aromatic rings. The standard InChI is InChI=1S/C12H16O2/c1-8-2-4-11-9(6-8)7-10(13)3-5-12(11)14/h7-8,11H,2-6H2,1H3/t8-,11?/m0/s1. The largest absolute Gasteiger partial charge is 0.299 e. The van der Waals surface area contributed by atoms with Gasteiger partial charge in [-0.2, -0.15) is 0 Å². The van der Waals surface area contributed by atoms with Crippen molar-refractivity contribution in [3.63, 3.8) is 0 Å². The maximum absolute atomic E-state index is 11.7. The second-order valence-electron chi connectivity index (χ2n) is 4.59. The summed E-state index contributed by atoms with van der Waals surface area (Å²) < 4.78 is 0. The highest BCUT2D eigenvalue weighted by Gasteiger charge is 2.30. The van der Waals surface area contributed by atoms with E-state index in [0.717, 1.165) is 24.8 Å². The minimum absolute atomic E-state index is 0.0812. The highest BCUT2D eigenvalue weighted by atomic mass is 16.1. The highest BCUT2D eigenvalue weighted by Crippen LogP contribution is 2.35. The Morgan fingerprint density at radius 1 is 1.21 bits per heavy atom. The van der Waals surface area contributed by atoms with E-state index in [1.807, 2.05) is 0 Å². The van der Waals surface area contributed by atoms with Gasteiger partial charge in [0, 0.05) is 18.8 Å². The lowest BCUT2D eigenvalue weighted by molar-refractivity contribution is -0.124. The molecule has 0 aliphatic heterocycles. The Labute approximate surface area is 84.4 Å². The normalized spacial score (nSPS) is 33.4. The number of allylic oxidation sites excluding steroid dienone is 2. The average Bonchev–Trinajstić information content (AvgIpc) is 2.26. The summed E-state index contributed by atoms with van der Waals surface area (Å²) in [5, 5.41) is 0. The van der Waals surface area contributed by atoms with Crippen molar-refractivity contribution in [3.05, 3.63) is 11.6 Å². The lowest BCUT2D eigenvalue weighted by Crippen LogP contribution is -2.22. The van der Waals surface area contributed by atoms with Crippen molar-refractivity contribution in [2.45, 2.75) is 39.0 Å². The molecule has 0 amide bonds. The minimum Gasteiger partial charge on any atom is -0.299 e. The fourth-order valence-corrected chi connectivity index (χ4v) is 2.51. The molecule has 0 radical (unpaired) electrons. The van der Waals surface area contributed by atoms with Gasteiger partial charge >= 0.3 is 0 Å². The molecule has 2 heteroatoms. The molecule has 2 aliphatic rings. The molecular formula is C12H16O2. The lowest BCUT2D eigenvalue weighted by Gasteiger charge is -2.27. The van der Waals surface area contributed by atoms with E-state index in [9.17, 15) is 9.59 Å². The van der Waals surface area contributed by atoms with E-state index in [0.29, 0.717) is 18.8 Å². The highest BCUT2D eigenvalue weighted by molar-refractivity contribution is 5.98. The first-order valence-electron chi connectivity index (χ1n) is 5.43. The Bertz CT molecular complexity index is 301. The van der Waals surface area contributed by atoms with Crippen molar-refractivity contribution in [2.24, 2.45) is 11.8 Å². The molecule has 0 aromatic heterocycles. The first kappa shape index (κ1) is 9.63. The van der Waals surface area contributed by atoms with Crippen LogP contribution in [0.15, 0.2) is 11.6 Å². The molecule has 0 N–H and O–H groups in total. The zero-order chi connectivity index (χ0) is 10.1. The van der Waals surface area contributed by atoms with Gasteiger partial charge < -0.3 is 0 Å².